The highest BCUT2D eigenvalue weighted by molar-refractivity contribution is 7.84. The molecule has 2 aromatic rings. The molecular weight excluding hydrogens is 392 g/mol. The Morgan fingerprint density at radius 3 is 2.10 bits per heavy atom. The largest absolute Gasteiger partial charge is 0.748 e. The van der Waals surface area contributed by atoms with Gasteiger partial charge < -0.3 is 15.4 Å². The minimum atomic E-state index is -4.59. The Morgan fingerprint density at radius 1 is 0.966 bits per heavy atom. The molecule has 1 aliphatic carbocycles. The van der Waals surface area contributed by atoms with E-state index in [1.165, 1.54) is 18.2 Å². The van der Waals surface area contributed by atoms with Gasteiger partial charge in [-0.1, -0.05) is 18.2 Å². The van der Waals surface area contributed by atoms with Gasteiger partial charge in [-0.15, -0.1) is 0 Å². The van der Waals surface area contributed by atoms with Crippen LogP contribution in [0.15, 0.2) is 72.3 Å². The maximum atomic E-state index is 11.6. The quantitative estimate of drug-likeness (QED) is 0.498. The SMILES string of the molecule is Nc1ccc(C(=C2C=CC(=[NH2+])C=C2)c2cc(CS(=O)(=O)[O-])cc(C(=O)O)c2)cc1. The van der Waals surface area contributed by atoms with Crippen molar-refractivity contribution in [3.05, 3.63) is 94.6 Å². The first-order valence-electron chi connectivity index (χ1n) is 8.52. The molecule has 0 bridgehead atoms. The summed E-state index contributed by atoms with van der Waals surface area (Å²) in [5.41, 5.74) is 9.45. The van der Waals surface area contributed by atoms with Crippen molar-refractivity contribution in [3.63, 3.8) is 0 Å². The molecule has 3 rings (SSSR count). The molecule has 0 aliphatic heterocycles. The van der Waals surface area contributed by atoms with E-state index in [1.807, 2.05) is 0 Å². The highest BCUT2D eigenvalue weighted by atomic mass is 32.2. The van der Waals surface area contributed by atoms with E-state index in [1.54, 1.807) is 48.6 Å². The van der Waals surface area contributed by atoms with Crippen LogP contribution in [0, 0.1) is 0 Å². The second-order valence-corrected chi connectivity index (χ2v) is 7.95. The van der Waals surface area contributed by atoms with Gasteiger partial charge in [-0.25, -0.2) is 13.2 Å². The van der Waals surface area contributed by atoms with Crippen molar-refractivity contribution >= 4 is 33.1 Å². The predicted molar refractivity (Wildman–Crippen MR) is 109 cm³/mol. The van der Waals surface area contributed by atoms with Crippen LogP contribution < -0.4 is 11.1 Å². The molecule has 5 N–H and O–H groups in total. The van der Waals surface area contributed by atoms with Crippen LogP contribution in [0.5, 0.6) is 0 Å². The number of carboxylic acids is 1. The third-order valence-corrected chi connectivity index (χ3v) is 4.96. The molecular formula is C21H18N2O5S. The van der Waals surface area contributed by atoms with Gasteiger partial charge in [0.25, 0.3) is 0 Å². The van der Waals surface area contributed by atoms with Gasteiger partial charge in [0.2, 0.25) is 0 Å². The summed E-state index contributed by atoms with van der Waals surface area (Å²) in [4.78, 5) is 11.6. The van der Waals surface area contributed by atoms with E-state index in [0.29, 0.717) is 22.5 Å². The van der Waals surface area contributed by atoms with E-state index in [2.05, 4.69) is 0 Å². The zero-order valence-corrected chi connectivity index (χ0v) is 16.0. The number of nitrogen functional groups attached to an aromatic ring is 1. The molecule has 0 fully saturated rings. The van der Waals surface area contributed by atoms with Gasteiger partial charge in [-0.3, -0.25) is 5.41 Å². The van der Waals surface area contributed by atoms with E-state index in [0.717, 1.165) is 11.1 Å². The van der Waals surface area contributed by atoms with Crippen molar-refractivity contribution < 1.29 is 28.3 Å². The zero-order valence-electron chi connectivity index (χ0n) is 15.2. The summed E-state index contributed by atoms with van der Waals surface area (Å²) in [6, 6.07) is 11.1. The molecule has 29 heavy (non-hydrogen) atoms. The minimum absolute atomic E-state index is 0.0956. The van der Waals surface area contributed by atoms with Crippen LogP contribution in [0.1, 0.15) is 27.0 Å². The Labute approximate surface area is 167 Å². The van der Waals surface area contributed by atoms with Crippen molar-refractivity contribution in [1.29, 1.82) is 0 Å². The maximum absolute atomic E-state index is 11.6. The summed E-state index contributed by atoms with van der Waals surface area (Å²) < 4.78 is 33.7. The van der Waals surface area contributed by atoms with Crippen LogP contribution >= 0.6 is 0 Å². The molecule has 0 heterocycles. The number of anilines is 1. The molecule has 8 heteroatoms. The number of nitrogens with two attached hydrogens (primary N) is 2. The lowest BCUT2D eigenvalue weighted by Crippen LogP contribution is -2.37. The molecule has 7 nitrogen and oxygen atoms in total. The predicted octanol–water partition coefficient (Wildman–Crippen LogP) is 1.14. The monoisotopic (exact) mass is 410 g/mol. The van der Waals surface area contributed by atoms with Gasteiger partial charge in [-0.05, 0) is 64.3 Å². The molecule has 0 aromatic heterocycles. The highest BCUT2D eigenvalue weighted by Gasteiger charge is 2.16. The van der Waals surface area contributed by atoms with E-state index in [4.69, 9.17) is 11.1 Å². The average Bonchev–Trinajstić information content (AvgIpc) is 2.63. The van der Waals surface area contributed by atoms with Gasteiger partial charge in [-0.2, -0.15) is 0 Å². The van der Waals surface area contributed by atoms with Crippen LogP contribution in [-0.2, 0) is 15.9 Å². The number of allylic oxidation sites excluding steroid dienone is 5. The lowest BCUT2D eigenvalue weighted by Gasteiger charge is -2.16. The van der Waals surface area contributed by atoms with Gasteiger partial charge >= 0.3 is 5.97 Å². The van der Waals surface area contributed by atoms with Gasteiger partial charge in [0.05, 0.1) is 21.4 Å². The fraction of sp³-hybridized carbons (Fsp3) is 0.0476. The molecule has 148 valence electrons. The topological polar surface area (TPSA) is 146 Å². The van der Waals surface area contributed by atoms with Crippen LogP contribution in [0.25, 0.3) is 5.57 Å². The normalized spacial score (nSPS) is 13.6. The van der Waals surface area contributed by atoms with Crippen LogP contribution in [0.4, 0.5) is 5.69 Å². The zero-order chi connectivity index (χ0) is 21.2. The summed E-state index contributed by atoms with van der Waals surface area (Å²) in [7, 11) is -4.59. The molecule has 0 radical (unpaired) electrons. The summed E-state index contributed by atoms with van der Waals surface area (Å²) in [6.07, 6.45) is 6.96. The molecule has 1 aliphatic rings. The maximum Gasteiger partial charge on any atom is 0.335 e. The average molecular weight is 410 g/mol. The van der Waals surface area contributed by atoms with E-state index in [-0.39, 0.29) is 11.1 Å². The summed E-state index contributed by atoms with van der Waals surface area (Å²) in [5, 5.41) is 15.2. The Morgan fingerprint density at radius 2 is 1.55 bits per heavy atom. The first kappa shape index (κ1) is 20.2. The van der Waals surface area contributed by atoms with Crippen molar-refractivity contribution in [2.45, 2.75) is 5.75 Å². The van der Waals surface area contributed by atoms with Gasteiger partial charge in [0, 0.05) is 17.8 Å². The Bertz CT molecular complexity index is 1170. The Balaban J connectivity index is 2.28. The smallest absolute Gasteiger partial charge is 0.335 e. The summed E-state index contributed by atoms with van der Waals surface area (Å²) >= 11 is 0. The molecule has 2 aromatic carbocycles. The minimum Gasteiger partial charge on any atom is -0.748 e. The van der Waals surface area contributed by atoms with Crippen molar-refractivity contribution in [1.82, 2.24) is 0 Å². The molecule has 0 amide bonds. The van der Waals surface area contributed by atoms with Crippen molar-refractivity contribution in [2.75, 3.05) is 5.73 Å². The number of aromatic carboxylic acids is 1. The Kier molecular flexibility index (Phi) is 5.49. The van der Waals surface area contributed by atoms with E-state index < -0.39 is 21.8 Å². The number of rotatable bonds is 5. The molecule has 0 spiro atoms. The molecule has 0 saturated heterocycles. The van der Waals surface area contributed by atoms with Crippen LogP contribution in [0.2, 0.25) is 0 Å². The number of carboxylic acid groups (broad SMARTS) is 1. The second kappa shape index (κ2) is 7.86. The number of carbonyl (C=O) groups is 1. The molecule has 0 unspecified atom stereocenters. The second-order valence-electron chi connectivity index (χ2n) is 6.54. The Hall–Kier alpha value is -3.49. The van der Waals surface area contributed by atoms with Crippen molar-refractivity contribution in [3.8, 4) is 0 Å². The standard InChI is InChI=1S/C21H18N2O5S/c22-18-5-1-14(2-6-18)20(15-3-7-19(23)8-4-15)16-9-13(12-29(26,27)28)10-17(11-16)21(24)25/h1-11,22H,12,23H2,(H,24,25)(H,26,27,28). The number of hydrogen-bond acceptors (Lipinski definition) is 5. The summed E-state index contributed by atoms with van der Waals surface area (Å²) in [6.45, 7) is 0. The fourth-order valence-corrected chi connectivity index (χ4v) is 3.62. The molecule has 0 saturated carbocycles. The lowest BCUT2D eigenvalue weighted by atomic mass is 9.89. The third-order valence-electron chi connectivity index (χ3n) is 4.27. The van der Waals surface area contributed by atoms with Gasteiger partial charge in [0.15, 0.2) is 5.71 Å². The van der Waals surface area contributed by atoms with Crippen molar-refractivity contribution in [2.24, 2.45) is 0 Å². The number of benzene rings is 2. The van der Waals surface area contributed by atoms with E-state index >= 15 is 0 Å². The fourth-order valence-electron chi connectivity index (χ4n) is 3.05. The first-order valence-corrected chi connectivity index (χ1v) is 10.1. The molecule has 0 atom stereocenters. The van der Waals surface area contributed by atoms with E-state index in [9.17, 15) is 22.9 Å². The van der Waals surface area contributed by atoms with Crippen LogP contribution in [0.3, 0.4) is 0 Å². The number of hydrogen-bond donors (Lipinski definition) is 3. The third kappa shape index (κ3) is 5.07. The first-order chi connectivity index (χ1) is 13.6. The highest BCUT2D eigenvalue weighted by Crippen LogP contribution is 2.31. The van der Waals surface area contributed by atoms with Crippen LogP contribution in [-0.4, -0.2) is 29.8 Å². The summed E-state index contributed by atoms with van der Waals surface area (Å²) in [5.74, 6) is -2.04. The lowest BCUT2D eigenvalue weighted by molar-refractivity contribution is -0.110. The van der Waals surface area contributed by atoms with Gasteiger partial charge in [0.1, 0.15) is 0 Å².